The number of hydrogen-bond donors (Lipinski definition) is 2. The van der Waals surface area contributed by atoms with Crippen LogP contribution in [0.3, 0.4) is 0 Å². The summed E-state index contributed by atoms with van der Waals surface area (Å²) in [4.78, 5) is 33.6. The van der Waals surface area contributed by atoms with Crippen molar-refractivity contribution in [3.05, 3.63) is 0 Å². The Morgan fingerprint density at radius 3 is 1.92 bits per heavy atom. The third-order valence-electron chi connectivity index (χ3n) is 3.08. The van der Waals surface area contributed by atoms with E-state index in [1.165, 1.54) is 13.8 Å². The molecule has 0 aromatic heterocycles. The molecule has 142 valence electrons. The molecule has 25 heavy (non-hydrogen) atoms. The highest BCUT2D eigenvalue weighted by atomic mass is 16.7. The Labute approximate surface area is 148 Å². The Morgan fingerprint density at radius 2 is 1.48 bits per heavy atom. The van der Waals surface area contributed by atoms with Crippen molar-refractivity contribution in [2.24, 2.45) is 5.92 Å². The molecule has 0 saturated carbocycles. The highest BCUT2D eigenvalue weighted by molar-refractivity contribution is 6.08. The predicted molar refractivity (Wildman–Crippen MR) is 85.4 cm³/mol. The molecule has 3 unspecified atom stereocenters. The molecule has 0 spiro atoms. The van der Waals surface area contributed by atoms with Gasteiger partial charge in [0.25, 0.3) is 0 Å². The topological polar surface area (TPSA) is 129 Å². The van der Waals surface area contributed by atoms with E-state index >= 15 is 0 Å². The quantitative estimate of drug-likeness (QED) is 0.213. The Morgan fingerprint density at radius 1 is 0.960 bits per heavy atom. The van der Waals surface area contributed by atoms with Crippen LogP contribution in [-0.2, 0) is 33.3 Å². The molecule has 5 atom stereocenters. The molecule has 0 rings (SSSR count). The molecule has 0 saturated heterocycles. The molecular weight excluding hydrogens is 335 g/mol. The van der Waals surface area contributed by atoms with Crippen LogP contribution in [0, 0.1) is 5.92 Å². The van der Waals surface area contributed by atoms with Gasteiger partial charge in [0, 0.05) is 33.3 Å². The van der Waals surface area contributed by atoms with Crippen LogP contribution in [0.15, 0.2) is 0 Å². The van der Waals surface area contributed by atoms with Gasteiger partial charge >= 0.3 is 17.9 Å². The van der Waals surface area contributed by atoms with Gasteiger partial charge in [-0.2, -0.15) is 0 Å². The lowest BCUT2D eigenvalue weighted by Crippen LogP contribution is -2.52. The van der Waals surface area contributed by atoms with Crippen molar-refractivity contribution in [1.82, 2.24) is 0 Å². The summed E-state index contributed by atoms with van der Waals surface area (Å²) in [6.45, 7) is 4.69. The predicted octanol–water partition coefficient (Wildman–Crippen LogP) is -0.668. The molecule has 2 N–H and O–H groups in total. The van der Waals surface area contributed by atoms with Gasteiger partial charge in [-0.25, -0.2) is 0 Å². The number of esters is 3. The minimum Gasteiger partial charge on any atom is -0.465 e. The fraction of sp³-hybridized carbons (Fsp3) is 0.800. The summed E-state index contributed by atoms with van der Waals surface area (Å²) < 4.78 is 19.8. The van der Waals surface area contributed by atoms with Crippen LogP contribution in [-0.4, -0.2) is 73.8 Å². The second-order valence-corrected chi connectivity index (χ2v) is 5.47. The number of ether oxygens (including phenoxy) is 4. The van der Waals surface area contributed by atoms with Crippen LogP contribution in [0.4, 0.5) is 0 Å². The molecule has 0 aliphatic rings. The Balaban J connectivity index is 5.37. The third-order valence-corrected chi connectivity index (χ3v) is 3.08. The standard InChI is InChI=1S/C15H25BO9/c1-8(7-23-9(2)17)12(20)13(24-10(3)18)14(25-11(4)19)15(21)22-6-5-16/h8,12-15,20-21H,5-7H2,1-4H3/t8?,12-,13?,14?,15-/m1/s1. The molecule has 10 heteroatoms. The normalized spacial score (nSPS) is 16.9. The third kappa shape index (κ3) is 9.42. The van der Waals surface area contributed by atoms with E-state index in [0.717, 1.165) is 13.8 Å². The number of hydrogen-bond acceptors (Lipinski definition) is 9. The van der Waals surface area contributed by atoms with Crippen LogP contribution in [0.25, 0.3) is 0 Å². The number of rotatable bonds is 11. The van der Waals surface area contributed by atoms with E-state index < -0.39 is 48.4 Å². The highest BCUT2D eigenvalue weighted by Crippen LogP contribution is 2.20. The SMILES string of the molecule is [B]CCO[C@@H](O)C(OC(C)=O)C(OC(C)=O)[C@H](O)C(C)COC(C)=O. The first-order valence-electron chi connectivity index (χ1n) is 7.75. The number of carbonyl (C=O) groups excluding carboxylic acids is 3. The van der Waals surface area contributed by atoms with E-state index in [9.17, 15) is 24.6 Å². The van der Waals surface area contributed by atoms with E-state index in [-0.39, 0.29) is 19.5 Å². The van der Waals surface area contributed by atoms with E-state index in [0.29, 0.717) is 0 Å². The van der Waals surface area contributed by atoms with Crippen LogP contribution >= 0.6 is 0 Å². The lowest BCUT2D eigenvalue weighted by Gasteiger charge is -2.34. The summed E-state index contributed by atoms with van der Waals surface area (Å²) in [5.74, 6) is -2.79. The van der Waals surface area contributed by atoms with Gasteiger partial charge in [0.2, 0.25) is 0 Å². The van der Waals surface area contributed by atoms with Gasteiger partial charge in [-0.1, -0.05) is 13.2 Å². The summed E-state index contributed by atoms with van der Waals surface area (Å²) in [7, 11) is 5.28. The second kappa shape index (κ2) is 11.8. The van der Waals surface area contributed by atoms with Gasteiger partial charge in [-0.05, 0) is 0 Å². The molecule has 0 aromatic rings. The molecule has 0 amide bonds. The van der Waals surface area contributed by atoms with Gasteiger partial charge in [0.05, 0.1) is 14.5 Å². The molecule has 9 nitrogen and oxygen atoms in total. The zero-order valence-electron chi connectivity index (χ0n) is 14.8. The van der Waals surface area contributed by atoms with E-state index in [4.69, 9.17) is 26.8 Å². The Bertz CT molecular complexity index is 443. The van der Waals surface area contributed by atoms with Crippen LogP contribution < -0.4 is 0 Å². The number of aliphatic hydroxyl groups is 2. The van der Waals surface area contributed by atoms with Gasteiger partial charge < -0.3 is 29.2 Å². The lowest BCUT2D eigenvalue weighted by atomic mass is 9.96. The number of aliphatic hydroxyl groups excluding tert-OH is 2. The van der Waals surface area contributed by atoms with E-state index in [1.807, 2.05) is 0 Å². The van der Waals surface area contributed by atoms with Gasteiger partial charge in [-0.3, -0.25) is 14.4 Å². The number of carbonyl (C=O) groups is 3. The van der Waals surface area contributed by atoms with Crippen LogP contribution in [0.1, 0.15) is 27.7 Å². The zero-order valence-corrected chi connectivity index (χ0v) is 14.8. The average Bonchev–Trinajstić information content (AvgIpc) is 2.52. The van der Waals surface area contributed by atoms with Crippen molar-refractivity contribution >= 4 is 25.8 Å². The molecule has 0 aliphatic carbocycles. The van der Waals surface area contributed by atoms with Crippen molar-refractivity contribution in [3.63, 3.8) is 0 Å². The highest BCUT2D eigenvalue weighted by Gasteiger charge is 2.41. The summed E-state index contributed by atoms with van der Waals surface area (Å²) in [5.41, 5.74) is 0. The van der Waals surface area contributed by atoms with E-state index in [2.05, 4.69) is 0 Å². The first kappa shape index (κ1) is 23.4. The largest absolute Gasteiger partial charge is 0.465 e. The van der Waals surface area contributed by atoms with Gasteiger partial charge in [0.1, 0.15) is 6.10 Å². The fourth-order valence-corrected chi connectivity index (χ4v) is 1.96. The van der Waals surface area contributed by atoms with Crippen molar-refractivity contribution in [2.75, 3.05) is 13.2 Å². The minimum atomic E-state index is -1.69. The summed E-state index contributed by atoms with van der Waals surface area (Å²) in [6, 6.07) is 0. The molecule has 0 heterocycles. The van der Waals surface area contributed by atoms with Crippen LogP contribution in [0.5, 0.6) is 0 Å². The molecule has 2 radical (unpaired) electrons. The Kier molecular flexibility index (Phi) is 11.1. The maximum absolute atomic E-state index is 11.4. The Hall–Kier alpha value is -1.65. The maximum atomic E-state index is 11.4. The van der Waals surface area contributed by atoms with Crippen molar-refractivity contribution in [1.29, 1.82) is 0 Å². The molecule has 0 aromatic carbocycles. The minimum absolute atomic E-state index is 0.0508. The van der Waals surface area contributed by atoms with Gasteiger partial charge in [0.15, 0.2) is 18.5 Å². The molecule has 0 fully saturated rings. The zero-order chi connectivity index (χ0) is 19.6. The molecular formula is C15H25BO9. The van der Waals surface area contributed by atoms with Crippen molar-refractivity contribution in [3.8, 4) is 0 Å². The van der Waals surface area contributed by atoms with E-state index in [1.54, 1.807) is 0 Å². The monoisotopic (exact) mass is 360 g/mol. The van der Waals surface area contributed by atoms with Crippen molar-refractivity contribution in [2.45, 2.75) is 58.6 Å². The first-order chi connectivity index (χ1) is 11.6. The first-order valence-corrected chi connectivity index (χ1v) is 7.75. The summed E-state index contributed by atoms with van der Waals surface area (Å²) in [6.07, 6.45) is -5.95. The maximum Gasteiger partial charge on any atom is 0.303 e. The lowest BCUT2D eigenvalue weighted by molar-refractivity contribution is -0.228. The second-order valence-electron chi connectivity index (χ2n) is 5.47. The molecule has 0 aliphatic heterocycles. The van der Waals surface area contributed by atoms with Crippen molar-refractivity contribution < 1.29 is 43.5 Å². The molecule has 0 bridgehead atoms. The van der Waals surface area contributed by atoms with Crippen LogP contribution in [0.2, 0.25) is 6.32 Å². The smallest absolute Gasteiger partial charge is 0.303 e. The fourth-order valence-electron chi connectivity index (χ4n) is 1.96. The average molecular weight is 360 g/mol. The summed E-state index contributed by atoms with van der Waals surface area (Å²) >= 11 is 0. The summed E-state index contributed by atoms with van der Waals surface area (Å²) in [5, 5.41) is 20.5. The van der Waals surface area contributed by atoms with Gasteiger partial charge in [-0.15, -0.1) is 0 Å².